The maximum Gasteiger partial charge on any atom is 0.270 e. The van der Waals surface area contributed by atoms with E-state index in [1.165, 1.54) is 17.4 Å². The second-order valence-corrected chi connectivity index (χ2v) is 8.37. The minimum absolute atomic E-state index is 0.0691. The van der Waals surface area contributed by atoms with Gasteiger partial charge in [-0.3, -0.25) is 9.69 Å². The molecule has 0 bridgehead atoms. The SMILES string of the molecule is CCN(CC)c1ccc(/C=C2/SC(=S)N(c3ccc(N(C)C)cc3)C2=O)cc1. The standard InChI is InChI=1S/C22H25N3OS2/c1-5-24(6-2)18-9-7-16(8-10-18)15-20-21(26)25(22(27)28-20)19-13-11-17(12-14-19)23(3)4/h7-15H,5-6H2,1-4H3/b20-15+. The summed E-state index contributed by atoms with van der Waals surface area (Å²) in [5.41, 5.74) is 4.07. The lowest BCUT2D eigenvalue weighted by atomic mass is 10.1. The molecule has 2 aromatic rings. The van der Waals surface area contributed by atoms with Gasteiger partial charge in [-0.2, -0.15) is 0 Å². The van der Waals surface area contributed by atoms with Crippen molar-refractivity contribution in [3.63, 3.8) is 0 Å². The van der Waals surface area contributed by atoms with Crippen molar-refractivity contribution in [1.82, 2.24) is 0 Å². The first-order valence-corrected chi connectivity index (χ1v) is 10.6. The third kappa shape index (κ3) is 4.23. The zero-order valence-electron chi connectivity index (χ0n) is 16.7. The lowest BCUT2D eigenvalue weighted by Gasteiger charge is -2.20. The lowest BCUT2D eigenvalue weighted by Crippen LogP contribution is -2.27. The Labute approximate surface area is 176 Å². The van der Waals surface area contributed by atoms with E-state index in [4.69, 9.17) is 12.2 Å². The molecule has 0 radical (unpaired) electrons. The van der Waals surface area contributed by atoms with Gasteiger partial charge >= 0.3 is 0 Å². The molecule has 1 fully saturated rings. The highest BCUT2D eigenvalue weighted by Crippen LogP contribution is 2.36. The van der Waals surface area contributed by atoms with Crippen LogP contribution in [0.1, 0.15) is 19.4 Å². The molecule has 146 valence electrons. The van der Waals surface area contributed by atoms with Gasteiger partial charge < -0.3 is 9.80 Å². The summed E-state index contributed by atoms with van der Waals surface area (Å²) in [4.78, 5) is 19.5. The molecule has 1 aliphatic heterocycles. The fourth-order valence-corrected chi connectivity index (χ4v) is 4.41. The third-order valence-corrected chi connectivity index (χ3v) is 6.04. The van der Waals surface area contributed by atoms with Gasteiger partial charge in [0.15, 0.2) is 4.32 Å². The Morgan fingerprint density at radius 1 is 0.964 bits per heavy atom. The van der Waals surface area contributed by atoms with Crippen LogP contribution in [0.5, 0.6) is 0 Å². The monoisotopic (exact) mass is 411 g/mol. The Kier molecular flexibility index (Phi) is 6.42. The number of carbonyl (C=O) groups excluding carboxylic acids is 1. The number of nitrogens with zero attached hydrogens (tertiary/aromatic N) is 3. The normalized spacial score (nSPS) is 15.4. The Bertz CT molecular complexity index is 885. The Balaban J connectivity index is 1.81. The van der Waals surface area contributed by atoms with Crippen LogP contribution in [0.15, 0.2) is 53.4 Å². The number of hydrogen-bond acceptors (Lipinski definition) is 5. The average Bonchev–Trinajstić information content (AvgIpc) is 2.97. The van der Waals surface area contributed by atoms with Crippen LogP contribution in [0.4, 0.5) is 17.1 Å². The molecule has 2 aromatic carbocycles. The van der Waals surface area contributed by atoms with E-state index in [0.717, 1.165) is 30.0 Å². The molecule has 0 atom stereocenters. The van der Waals surface area contributed by atoms with Gasteiger partial charge in [-0.1, -0.05) is 36.1 Å². The molecule has 28 heavy (non-hydrogen) atoms. The predicted molar refractivity (Wildman–Crippen MR) is 126 cm³/mol. The van der Waals surface area contributed by atoms with Crippen molar-refractivity contribution in [2.24, 2.45) is 0 Å². The summed E-state index contributed by atoms with van der Waals surface area (Å²) in [7, 11) is 3.98. The quantitative estimate of drug-likeness (QED) is 0.492. The summed E-state index contributed by atoms with van der Waals surface area (Å²) in [6.07, 6.45) is 1.92. The average molecular weight is 412 g/mol. The first kappa shape index (κ1) is 20.4. The van der Waals surface area contributed by atoms with E-state index in [1.54, 1.807) is 4.90 Å². The van der Waals surface area contributed by atoms with E-state index in [-0.39, 0.29) is 5.91 Å². The van der Waals surface area contributed by atoms with Gasteiger partial charge in [-0.05, 0) is 61.9 Å². The summed E-state index contributed by atoms with van der Waals surface area (Å²) in [5.74, 6) is -0.0691. The van der Waals surface area contributed by atoms with Crippen molar-refractivity contribution in [3.05, 3.63) is 59.0 Å². The number of carbonyl (C=O) groups is 1. The highest BCUT2D eigenvalue weighted by molar-refractivity contribution is 8.27. The van der Waals surface area contributed by atoms with E-state index in [0.29, 0.717) is 9.23 Å². The van der Waals surface area contributed by atoms with Gasteiger partial charge in [0.25, 0.3) is 5.91 Å². The van der Waals surface area contributed by atoms with Gasteiger partial charge in [0.2, 0.25) is 0 Å². The number of thiocarbonyl (C=S) groups is 1. The molecule has 1 amide bonds. The molecular weight excluding hydrogens is 386 g/mol. The number of rotatable bonds is 6. The van der Waals surface area contributed by atoms with Gasteiger partial charge in [-0.15, -0.1) is 0 Å². The van der Waals surface area contributed by atoms with Crippen molar-refractivity contribution < 1.29 is 4.79 Å². The van der Waals surface area contributed by atoms with Crippen LogP contribution in [-0.4, -0.2) is 37.4 Å². The molecule has 0 N–H and O–H groups in total. The van der Waals surface area contributed by atoms with E-state index < -0.39 is 0 Å². The summed E-state index contributed by atoms with van der Waals surface area (Å²) < 4.78 is 0.564. The maximum atomic E-state index is 12.9. The Morgan fingerprint density at radius 3 is 2.07 bits per heavy atom. The second kappa shape index (κ2) is 8.80. The van der Waals surface area contributed by atoms with Crippen molar-refractivity contribution >= 4 is 57.3 Å². The van der Waals surface area contributed by atoms with Crippen molar-refractivity contribution in [1.29, 1.82) is 0 Å². The number of thioether (sulfide) groups is 1. The number of hydrogen-bond donors (Lipinski definition) is 0. The first-order chi connectivity index (χ1) is 13.4. The zero-order valence-corrected chi connectivity index (χ0v) is 18.3. The maximum absolute atomic E-state index is 12.9. The molecule has 0 spiro atoms. The summed E-state index contributed by atoms with van der Waals surface area (Å²) >= 11 is 6.82. The molecule has 3 rings (SSSR count). The zero-order chi connectivity index (χ0) is 20.3. The van der Waals surface area contributed by atoms with E-state index in [9.17, 15) is 4.79 Å². The highest BCUT2D eigenvalue weighted by Gasteiger charge is 2.33. The molecule has 1 saturated heterocycles. The van der Waals surface area contributed by atoms with Crippen LogP contribution in [0.25, 0.3) is 6.08 Å². The topological polar surface area (TPSA) is 26.8 Å². The van der Waals surface area contributed by atoms with Crippen LogP contribution in [-0.2, 0) is 4.79 Å². The molecule has 0 aliphatic carbocycles. The summed E-state index contributed by atoms with van der Waals surface area (Å²) in [5, 5.41) is 0. The first-order valence-electron chi connectivity index (χ1n) is 9.35. The molecular formula is C22H25N3OS2. The molecule has 0 aromatic heterocycles. The largest absolute Gasteiger partial charge is 0.378 e. The van der Waals surface area contributed by atoms with E-state index >= 15 is 0 Å². The van der Waals surface area contributed by atoms with E-state index in [2.05, 4.69) is 30.9 Å². The minimum Gasteiger partial charge on any atom is -0.378 e. The molecule has 0 unspecified atom stereocenters. The van der Waals surface area contributed by atoms with Gasteiger partial charge in [-0.25, -0.2) is 0 Å². The van der Waals surface area contributed by atoms with Gasteiger partial charge in [0, 0.05) is 38.6 Å². The lowest BCUT2D eigenvalue weighted by molar-refractivity contribution is -0.113. The van der Waals surface area contributed by atoms with Crippen molar-refractivity contribution in [3.8, 4) is 0 Å². The van der Waals surface area contributed by atoms with Crippen molar-refractivity contribution in [2.75, 3.05) is 41.9 Å². The van der Waals surface area contributed by atoms with Gasteiger partial charge in [0.1, 0.15) is 0 Å². The number of benzene rings is 2. The molecule has 4 nitrogen and oxygen atoms in total. The minimum atomic E-state index is -0.0691. The van der Waals surface area contributed by atoms with Gasteiger partial charge in [0.05, 0.1) is 10.6 Å². The smallest absolute Gasteiger partial charge is 0.270 e. The highest BCUT2D eigenvalue weighted by atomic mass is 32.2. The van der Waals surface area contributed by atoms with Crippen LogP contribution in [0.2, 0.25) is 0 Å². The Morgan fingerprint density at radius 2 is 1.54 bits per heavy atom. The second-order valence-electron chi connectivity index (χ2n) is 6.69. The third-order valence-electron chi connectivity index (χ3n) is 4.74. The summed E-state index contributed by atoms with van der Waals surface area (Å²) in [6.45, 7) is 6.24. The molecule has 0 saturated carbocycles. The number of anilines is 3. The van der Waals surface area contributed by atoms with E-state index in [1.807, 2.05) is 61.5 Å². The van der Waals surface area contributed by atoms with Crippen molar-refractivity contribution in [2.45, 2.75) is 13.8 Å². The Hall–Kier alpha value is -2.31. The molecule has 1 aliphatic rings. The fourth-order valence-electron chi connectivity index (χ4n) is 3.11. The van der Waals surface area contributed by atoms with Crippen LogP contribution in [0, 0.1) is 0 Å². The van der Waals surface area contributed by atoms with Crippen LogP contribution in [0.3, 0.4) is 0 Å². The fraction of sp³-hybridized carbons (Fsp3) is 0.273. The number of amides is 1. The predicted octanol–water partition coefficient (Wildman–Crippen LogP) is 5.00. The molecule has 6 heteroatoms. The van der Waals surface area contributed by atoms with Crippen LogP contribution < -0.4 is 14.7 Å². The van der Waals surface area contributed by atoms with Crippen LogP contribution >= 0.6 is 24.0 Å². The molecule has 1 heterocycles. The summed E-state index contributed by atoms with van der Waals surface area (Å²) in [6, 6.07) is 16.1.